The first-order valence-electron chi connectivity index (χ1n) is 16.8. The number of likely N-dealkylation sites (tertiary alicyclic amines) is 1. The zero-order valence-electron chi connectivity index (χ0n) is 26.6. The van der Waals surface area contributed by atoms with Gasteiger partial charge in [-0.1, -0.05) is 80.9 Å². The fourth-order valence-corrected chi connectivity index (χ4v) is 10.2. The molecule has 2 bridgehead atoms. The number of benzene rings is 2. The number of ether oxygens (including phenoxy) is 1. The van der Waals surface area contributed by atoms with Crippen molar-refractivity contribution in [3.8, 4) is 0 Å². The van der Waals surface area contributed by atoms with Crippen LogP contribution < -0.4 is 5.32 Å². The van der Waals surface area contributed by atoms with Crippen LogP contribution in [0.1, 0.15) is 57.1 Å². The van der Waals surface area contributed by atoms with Crippen LogP contribution in [-0.4, -0.2) is 59.2 Å². The Morgan fingerprint density at radius 1 is 1.11 bits per heavy atom. The third-order valence-corrected chi connectivity index (χ3v) is 11.7. The van der Waals surface area contributed by atoms with Gasteiger partial charge in [0.05, 0.1) is 31.8 Å². The van der Waals surface area contributed by atoms with Gasteiger partial charge in [-0.15, -0.1) is 0 Å². The Kier molecular flexibility index (Phi) is 7.75. The molecular formula is C38H44F3N2O3+. The molecule has 5 nitrogen and oxygen atoms in total. The predicted octanol–water partition coefficient (Wildman–Crippen LogP) is 7.52. The smallest absolute Gasteiger partial charge is 0.421 e. The highest BCUT2D eigenvalue weighted by atomic mass is 19.4. The Balaban J connectivity index is 1.27. The van der Waals surface area contributed by atoms with E-state index < -0.39 is 29.3 Å². The van der Waals surface area contributed by atoms with E-state index in [2.05, 4.69) is 43.4 Å². The minimum atomic E-state index is -4.86. The molecule has 8 heteroatoms. The number of carbonyl (C=O) groups excluding carboxylic acids is 1. The van der Waals surface area contributed by atoms with Gasteiger partial charge in [-0.3, -0.25) is 4.79 Å². The molecule has 2 aromatic rings. The Morgan fingerprint density at radius 3 is 2.52 bits per heavy atom. The maximum absolute atomic E-state index is 14.4. The fourth-order valence-electron chi connectivity index (χ4n) is 10.2. The topological polar surface area (TPSA) is 58.6 Å². The summed E-state index contributed by atoms with van der Waals surface area (Å²) in [5.74, 6) is -0.688. The van der Waals surface area contributed by atoms with E-state index in [0.717, 1.165) is 67.9 Å². The molecule has 3 unspecified atom stereocenters. The second-order valence-electron chi connectivity index (χ2n) is 14.6. The molecule has 4 fully saturated rings. The summed E-state index contributed by atoms with van der Waals surface area (Å²) < 4.78 is 51.0. The van der Waals surface area contributed by atoms with Crippen molar-refractivity contribution in [3.63, 3.8) is 0 Å². The van der Waals surface area contributed by atoms with Gasteiger partial charge in [0.15, 0.2) is 5.72 Å². The molecule has 1 amide bonds. The SMILES string of the molecule is CC(C)C[N+]1(CCc2ccccc2)CC[C@]23C4C5=C(O)C=CC4(NC(=O)C(=Cc4ccccc4)C(F)(F)F)O[C@H]2CCC[C@H]3[C@H]1C5. The summed E-state index contributed by atoms with van der Waals surface area (Å²) in [6, 6.07) is 19.0. The number of allylic oxidation sites excluding steroid dienone is 1. The fraction of sp³-hybridized carbons (Fsp3) is 0.500. The van der Waals surface area contributed by atoms with E-state index in [0.29, 0.717) is 17.9 Å². The molecule has 244 valence electrons. The summed E-state index contributed by atoms with van der Waals surface area (Å²) in [6.45, 7) is 7.54. The van der Waals surface area contributed by atoms with Crippen molar-refractivity contribution in [2.45, 2.75) is 76.4 Å². The van der Waals surface area contributed by atoms with E-state index in [9.17, 15) is 23.1 Å². The van der Waals surface area contributed by atoms with E-state index in [1.165, 1.54) is 5.56 Å². The van der Waals surface area contributed by atoms with Crippen LogP contribution in [0.2, 0.25) is 0 Å². The number of nitrogens with zero attached hydrogens (tertiary/aromatic N) is 1. The Labute approximate surface area is 269 Å². The van der Waals surface area contributed by atoms with Crippen molar-refractivity contribution in [1.29, 1.82) is 0 Å². The van der Waals surface area contributed by atoms with Crippen LogP contribution in [0.4, 0.5) is 13.2 Å². The zero-order valence-corrected chi connectivity index (χ0v) is 26.6. The van der Waals surface area contributed by atoms with Crippen LogP contribution in [0, 0.1) is 23.2 Å². The normalized spacial score (nSPS) is 34.9. The van der Waals surface area contributed by atoms with Gasteiger partial charge >= 0.3 is 6.18 Å². The lowest BCUT2D eigenvalue weighted by atomic mass is 9.46. The number of halogens is 3. The summed E-state index contributed by atoms with van der Waals surface area (Å²) in [7, 11) is 0. The minimum Gasteiger partial charge on any atom is -0.508 e. The van der Waals surface area contributed by atoms with Crippen molar-refractivity contribution >= 4 is 12.0 Å². The third kappa shape index (κ3) is 5.03. The molecule has 2 N–H and O–H groups in total. The van der Waals surface area contributed by atoms with Crippen LogP contribution >= 0.6 is 0 Å². The van der Waals surface area contributed by atoms with E-state index >= 15 is 0 Å². The lowest BCUT2D eigenvalue weighted by molar-refractivity contribution is -0.966. The Morgan fingerprint density at radius 2 is 1.83 bits per heavy atom. The number of quaternary nitrogens is 1. The third-order valence-electron chi connectivity index (χ3n) is 11.7. The van der Waals surface area contributed by atoms with Crippen molar-refractivity contribution in [1.82, 2.24) is 5.32 Å². The molecule has 46 heavy (non-hydrogen) atoms. The average Bonchev–Trinajstić information content (AvgIpc) is 3.31. The van der Waals surface area contributed by atoms with E-state index in [1.54, 1.807) is 42.5 Å². The highest BCUT2D eigenvalue weighted by Crippen LogP contribution is 2.70. The van der Waals surface area contributed by atoms with Gasteiger partial charge in [0.2, 0.25) is 0 Å². The largest absolute Gasteiger partial charge is 0.508 e. The van der Waals surface area contributed by atoms with Gasteiger partial charge in [0.1, 0.15) is 11.3 Å². The number of hydrogen-bond donors (Lipinski definition) is 2. The maximum atomic E-state index is 14.4. The van der Waals surface area contributed by atoms with Crippen LogP contribution in [0.15, 0.2) is 89.7 Å². The monoisotopic (exact) mass is 633 g/mol. The van der Waals surface area contributed by atoms with Gasteiger partial charge in [-0.25, -0.2) is 0 Å². The van der Waals surface area contributed by atoms with Crippen molar-refractivity contribution in [2.24, 2.45) is 23.2 Å². The Bertz CT molecular complexity index is 1570. The minimum absolute atomic E-state index is 0.177. The number of nitrogens with one attached hydrogen (secondary N) is 1. The number of piperidine rings is 1. The van der Waals surface area contributed by atoms with Crippen LogP contribution in [0.3, 0.4) is 0 Å². The first-order chi connectivity index (χ1) is 22.0. The van der Waals surface area contributed by atoms with Crippen LogP contribution in [0.25, 0.3) is 6.08 Å². The Hall–Kier alpha value is -3.36. The lowest BCUT2D eigenvalue weighted by Gasteiger charge is -2.65. The van der Waals surface area contributed by atoms with Gasteiger partial charge in [-0.2, -0.15) is 13.2 Å². The second kappa shape index (κ2) is 11.4. The lowest BCUT2D eigenvalue weighted by Crippen LogP contribution is -2.73. The van der Waals surface area contributed by atoms with Gasteiger partial charge in [-0.05, 0) is 47.8 Å². The molecule has 2 heterocycles. The molecule has 7 atom stereocenters. The first-order valence-corrected chi connectivity index (χ1v) is 16.8. The quantitative estimate of drug-likeness (QED) is 0.234. The van der Waals surface area contributed by atoms with Gasteiger partial charge < -0.3 is 19.6 Å². The van der Waals surface area contributed by atoms with E-state index in [1.807, 2.05) is 6.07 Å². The number of hydrogen-bond acceptors (Lipinski definition) is 3. The number of alkyl halides is 3. The van der Waals surface area contributed by atoms with Gasteiger partial charge in [0.25, 0.3) is 5.91 Å². The molecule has 1 spiro atoms. The highest BCUT2D eigenvalue weighted by Gasteiger charge is 2.75. The standard InChI is InChI=1S/C38H43F3N2O3/c1-25(2)24-43(20-17-26-10-5-3-6-11-26)21-19-36-29-14-9-15-33(36)46-37(18-16-32(44)28(34(36)37)23-31(29)43)42-35(45)30(38(39,40)41)22-27-12-7-4-8-13-27/h3-8,10-13,16,18,22,25,29,31,33-34H,9,14-15,17,19-21,23-24H2,1-2H3,(H-,42,44,45)/p+1/t29-,31+,33-,34?,36+,37?,43?/m0/s1. The predicted molar refractivity (Wildman–Crippen MR) is 171 cm³/mol. The summed E-state index contributed by atoms with van der Waals surface area (Å²) in [4.78, 5) is 13.7. The van der Waals surface area contributed by atoms with Crippen molar-refractivity contribution < 1.29 is 32.3 Å². The van der Waals surface area contributed by atoms with Gasteiger partial charge in [0, 0.05) is 42.4 Å². The van der Waals surface area contributed by atoms with Crippen LogP contribution in [0.5, 0.6) is 0 Å². The summed E-state index contributed by atoms with van der Waals surface area (Å²) in [5.41, 5.74) is -0.637. The van der Waals surface area contributed by atoms with E-state index in [4.69, 9.17) is 4.74 Å². The molecular weight excluding hydrogens is 589 g/mol. The molecule has 2 aromatic carbocycles. The summed E-state index contributed by atoms with van der Waals surface area (Å²) in [5, 5.41) is 14.2. The summed E-state index contributed by atoms with van der Waals surface area (Å²) in [6.07, 6.45) is 4.23. The number of carbonyl (C=O) groups is 1. The molecule has 5 aliphatic rings. The second-order valence-corrected chi connectivity index (χ2v) is 14.6. The molecule has 7 rings (SSSR count). The summed E-state index contributed by atoms with van der Waals surface area (Å²) >= 11 is 0. The number of amides is 1. The highest BCUT2D eigenvalue weighted by molar-refractivity contribution is 5.99. The zero-order chi connectivity index (χ0) is 32.3. The maximum Gasteiger partial charge on any atom is 0.421 e. The number of aliphatic hydroxyl groups excluding tert-OH is 1. The molecule has 0 aromatic heterocycles. The molecule has 0 radical (unpaired) electrons. The molecule has 2 saturated heterocycles. The number of aliphatic hydroxyl groups is 1. The van der Waals surface area contributed by atoms with Crippen LogP contribution in [-0.2, 0) is 16.0 Å². The van der Waals surface area contributed by atoms with E-state index in [-0.39, 0.29) is 29.2 Å². The average molecular weight is 634 g/mol. The van der Waals surface area contributed by atoms with Crippen molar-refractivity contribution in [3.05, 3.63) is 101 Å². The molecule has 2 aliphatic heterocycles. The number of rotatable bonds is 8. The molecule has 2 saturated carbocycles. The van der Waals surface area contributed by atoms with Crippen molar-refractivity contribution in [2.75, 3.05) is 19.6 Å². The first kappa shape index (κ1) is 31.3. The molecule has 3 aliphatic carbocycles.